The Morgan fingerprint density at radius 2 is 1.69 bits per heavy atom. The van der Waals surface area contributed by atoms with Crippen LogP contribution in [0.15, 0.2) is 66.5 Å². The van der Waals surface area contributed by atoms with Gasteiger partial charge in [0.2, 0.25) is 0 Å². The first-order valence-electron chi connectivity index (χ1n) is 10.4. The zero-order valence-electron chi connectivity index (χ0n) is 17.6. The average molecular weight is 388 g/mol. The van der Waals surface area contributed by atoms with Crippen molar-refractivity contribution in [3.63, 3.8) is 0 Å². The molecule has 2 aliphatic heterocycles. The van der Waals surface area contributed by atoms with Crippen LogP contribution >= 0.6 is 0 Å². The number of amides is 1. The largest absolute Gasteiger partial charge is 0.387 e. The van der Waals surface area contributed by atoms with Gasteiger partial charge in [-0.15, -0.1) is 0 Å². The molecule has 2 aromatic carbocycles. The minimum Gasteiger partial charge on any atom is -0.387 e. The van der Waals surface area contributed by atoms with Crippen molar-refractivity contribution in [1.82, 2.24) is 15.5 Å². The molecule has 0 radical (unpaired) electrons. The molecule has 2 heterocycles. The highest BCUT2D eigenvalue weighted by atomic mass is 16.2. The summed E-state index contributed by atoms with van der Waals surface area (Å²) in [7, 11) is 0. The van der Waals surface area contributed by atoms with Crippen LogP contribution in [0.1, 0.15) is 60.8 Å². The van der Waals surface area contributed by atoms with Crippen molar-refractivity contribution in [3.8, 4) is 0 Å². The van der Waals surface area contributed by atoms with Gasteiger partial charge in [-0.3, -0.25) is 4.79 Å². The van der Waals surface area contributed by atoms with Crippen LogP contribution in [0.3, 0.4) is 0 Å². The zero-order valence-corrected chi connectivity index (χ0v) is 17.6. The fourth-order valence-corrected chi connectivity index (χ4v) is 4.39. The highest BCUT2D eigenvalue weighted by Gasteiger charge is 2.28. The van der Waals surface area contributed by atoms with E-state index in [0.717, 1.165) is 17.7 Å². The van der Waals surface area contributed by atoms with Crippen molar-refractivity contribution in [3.05, 3.63) is 88.8 Å². The lowest BCUT2D eigenvalue weighted by Crippen LogP contribution is -2.42. The Labute approximate surface area is 173 Å². The monoisotopic (exact) mass is 387 g/mol. The second-order valence-electron chi connectivity index (χ2n) is 8.27. The molecule has 4 rings (SSSR count). The third kappa shape index (κ3) is 3.55. The number of benzene rings is 2. The van der Waals surface area contributed by atoms with E-state index in [0.29, 0.717) is 0 Å². The molecule has 0 saturated carbocycles. The maximum Gasteiger partial charge on any atom is 0.254 e. The van der Waals surface area contributed by atoms with Crippen molar-refractivity contribution in [2.24, 2.45) is 0 Å². The van der Waals surface area contributed by atoms with Crippen LogP contribution in [0, 0.1) is 0 Å². The van der Waals surface area contributed by atoms with Crippen LogP contribution in [0.25, 0.3) is 5.57 Å². The molecule has 150 valence electrons. The topological polar surface area (TPSA) is 44.4 Å². The van der Waals surface area contributed by atoms with E-state index in [1.165, 1.54) is 22.4 Å². The molecule has 29 heavy (non-hydrogen) atoms. The van der Waals surface area contributed by atoms with Gasteiger partial charge in [-0.1, -0.05) is 36.4 Å². The Balaban J connectivity index is 1.67. The molecule has 0 aliphatic carbocycles. The first-order valence-corrected chi connectivity index (χ1v) is 10.4. The van der Waals surface area contributed by atoms with E-state index in [9.17, 15) is 4.79 Å². The van der Waals surface area contributed by atoms with Gasteiger partial charge in [0.15, 0.2) is 0 Å². The van der Waals surface area contributed by atoms with Crippen molar-refractivity contribution in [2.75, 3.05) is 6.54 Å². The third-order valence-corrected chi connectivity index (χ3v) is 5.66. The summed E-state index contributed by atoms with van der Waals surface area (Å²) in [5.74, 6) is 0.0878. The van der Waals surface area contributed by atoms with E-state index in [2.05, 4.69) is 87.0 Å². The van der Waals surface area contributed by atoms with Gasteiger partial charge in [-0.2, -0.15) is 0 Å². The quantitative estimate of drug-likeness (QED) is 0.814. The Bertz CT molecular complexity index is 962. The molecular weight excluding hydrogens is 358 g/mol. The lowest BCUT2D eigenvalue weighted by Gasteiger charge is -2.34. The van der Waals surface area contributed by atoms with Gasteiger partial charge in [-0.05, 0) is 62.6 Å². The summed E-state index contributed by atoms with van der Waals surface area (Å²) in [6.45, 7) is 9.08. The van der Waals surface area contributed by atoms with Gasteiger partial charge < -0.3 is 15.5 Å². The fraction of sp³-hybridized carbons (Fsp3) is 0.320. The Morgan fingerprint density at radius 1 is 1.00 bits per heavy atom. The number of hydrogen-bond acceptors (Lipinski definition) is 3. The number of fused-ring (bicyclic) bond motifs is 3. The Hall–Kier alpha value is -3.01. The highest BCUT2D eigenvalue weighted by molar-refractivity contribution is 5.94. The van der Waals surface area contributed by atoms with Crippen LogP contribution in [0.4, 0.5) is 0 Å². The van der Waals surface area contributed by atoms with E-state index in [-0.39, 0.29) is 24.0 Å². The second-order valence-corrected chi connectivity index (χ2v) is 8.27. The Kier molecular flexibility index (Phi) is 5.18. The fourth-order valence-electron chi connectivity index (χ4n) is 4.39. The molecular formula is C25H29N3O. The molecule has 2 aromatic rings. The maximum absolute atomic E-state index is 13.0. The van der Waals surface area contributed by atoms with Crippen molar-refractivity contribution in [2.45, 2.75) is 45.8 Å². The molecule has 1 amide bonds. The summed E-state index contributed by atoms with van der Waals surface area (Å²) < 4.78 is 0. The highest BCUT2D eigenvalue weighted by Crippen LogP contribution is 2.38. The predicted octanol–water partition coefficient (Wildman–Crippen LogP) is 4.47. The van der Waals surface area contributed by atoms with Gasteiger partial charge in [0.25, 0.3) is 5.91 Å². The molecule has 0 saturated heterocycles. The van der Waals surface area contributed by atoms with Gasteiger partial charge in [0, 0.05) is 41.7 Å². The molecule has 0 aromatic heterocycles. The normalized spacial score (nSPS) is 17.5. The molecule has 4 nitrogen and oxygen atoms in total. The first-order chi connectivity index (χ1) is 14.0. The van der Waals surface area contributed by atoms with Crippen molar-refractivity contribution in [1.29, 1.82) is 0 Å². The summed E-state index contributed by atoms with van der Waals surface area (Å²) >= 11 is 0. The van der Waals surface area contributed by atoms with Gasteiger partial charge in [-0.25, -0.2) is 0 Å². The van der Waals surface area contributed by atoms with E-state index in [4.69, 9.17) is 0 Å². The van der Waals surface area contributed by atoms with Crippen LogP contribution in [-0.4, -0.2) is 29.4 Å². The molecule has 0 fully saturated rings. The minimum atomic E-state index is 0.0724. The average Bonchev–Trinajstić information content (AvgIpc) is 2.73. The minimum absolute atomic E-state index is 0.0724. The summed E-state index contributed by atoms with van der Waals surface area (Å²) in [6, 6.07) is 17.0. The van der Waals surface area contributed by atoms with E-state index in [1.807, 2.05) is 17.0 Å². The number of carbonyl (C=O) groups excluding carboxylic acids is 1. The lowest BCUT2D eigenvalue weighted by molar-refractivity contribution is 0.0643. The predicted molar refractivity (Wildman–Crippen MR) is 118 cm³/mol. The van der Waals surface area contributed by atoms with Gasteiger partial charge in [0.05, 0.1) is 6.04 Å². The summed E-state index contributed by atoms with van der Waals surface area (Å²) in [5.41, 5.74) is 6.78. The van der Waals surface area contributed by atoms with Crippen LogP contribution in [0.5, 0.6) is 0 Å². The summed E-state index contributed by atoms with van der Waals surface area (Å²) in [6.07, 6.45) is 4.28. The third-order valence-electron chi connectivity index (χ3n) is 5.66. The molecule has 2 N–H and O–H groups in total. The number of rotatable bonds is 4. The number of hydrogen-bond donors (Lipinski definition) is 2. The van der Waals surface area contributed by atoms with E-state index in [1.54, 1.807) is 0 Å². The zero-order chi connectivity index (χ0) is 20.5. The summed E-state index contributed by atoms with van der Waals surface area (Å²) in [5, 5.41) is 7.00. The molecule has 0 spiro atoms. The second kappa shape index (κ2) is 7.78. The molecule has 2 aliphatic rings. The number of allylic oxidation sites excluding steroid dienone is 1. The summed E-state index contributed by atoms with van der Waals surface area (Å²) in [4.78, 5) is 14.9. The van der Waals surface area contributed by atoms with Crippen molar-refractivity contribution < 1.29 is 4.79 Å². The smallest absolute Gasteiger partial charge is 0.254 e. The number of carbonyl (C=O) groups is 1. The van der Waals surface area contributed by atoms with Gasteiger partial charge >= 0.3 is 0 Å². The van der Waals surface area contributed by atoms with Crippen LogP contribution in [-0.2, 0) is 0 Å². The lowest BCUT2D eigenvalue weighted by atomic mass is 9.85. The number of nitrogens with one attached hydrogen (secondary N) is 2. The first kappa shape index (κ1) is 19.3. The number of dihydropyridines is 1. The Morgan fingerprint density at radius 3 is 2.38 bits per heavy atom. The number of nitrogens with zero attached hydrogens (tertiary/aromatic N) is 1. The van der Waals surface area contributed by atoms with Crippen LogP contribution < -0.4 is 10.6 Å². The SMILES string of the molecule is CC(C)N(C(=O)c1ccc(C2NC3=CCNC=C3c3ccccc32)cc1)C(C)C. The molecule has 1 unspecified atom stereocenters. The molecule has 4 heteroatoms. The maximum atomic E-state index is 13.0. The van der Waals surface area contributed by atoms with E-state index < -0.39 is 0 Å². The van der Waals surface area contributed by atoms with Crippen LogP contribution in [0.2, 0.25) is 0 Å². The molecule has 1 atom stereocenters. The van der Waals surface area contributed by atoms with Crippen molar-refractivity contribution >= 4 is 11.5 Å². The van der Waals surface area contributed by atoms with E-state index >= 15 is 0 Å². The molecule has 0 bridgehead atoms. The van der Waals surface area contributed by atoms with Gasteiger partial charge in [0.1, 0.15) is 0 Å². The standard InChI is InChI=1S/C25H29N3O/c1-16(2)28(17(3)4)25(29)19-11-9-18(10-12-19)24-21-8-6-5-7-20(21)22-15-26-14-13-23(22)27-24/h5-13,15-17,24,26-27H,14H2,1-4H3.